The maximum atomic E-state index is 11.1. The molecule has 0 aliphatic carbocycles. The lowest BCUT2D eigenvalue weighted by Crippen LogP contribution is -2.45. The van der Waals surface area contributed by atoms with Crippen molar-refractivity contribution >= 4 is 29.5 Å². The highest BCUT2D eigenvalue weighted by Crippen LogP contribution is 2.12. The zero-order chi connectivity index (χ0) is 21.9. The SMILES string of the molecule is CC(C)C[C@H](N)C(=O)O.C[C@@H](NC(CCc1ccc(Cl)cc1)C(=O)O)C(=O)O. The van der Waals surface area contributed by atoms with Crippen LogP contribution >= 0.6 is 11.6 Å². The fourth-order valence-electron chi connectivity index (χ4n) is 2.22. The van der Waals surface area contributed by atoms with E-state index in [1.807, 2.05) is 26.0 Å². The third-order valence-corrected chi connectivity index (χ3v) is 4.05. The van der Waals surface area contributed by atoms with Crippen molar-refractivity contribution < 1.29 is 29.7 Å². The Morgan fingerprint density at radius 3 is 1.89 bits per heavy atom. The van der Waals surface area contributed by atoms with E-state index in [0.717, 1.165) is 5.56 Å². The van der Waals surface area contributed by atoms with Crippen LogP contribution in [-0.2, 0) is 20.8 Å². The molecule has 0 aromatic heterocycles. The molecule has 0 aliphatic heterocycles. The minimum atomic E-state index is -1.07. The van der Waals surface area contributed by atoms with Gasteiger partial charge >= 0.3 is 17.9 Å². The van der Waals surface area contributed by atoms with Crippen LogP contribution in [0.4, 0.5) is 0 Å². The van der Waals surface area contributed by atoms with Gasteiger partial charge in [0.15, 0.2) is 0 Å². The molecule has 0 fully saturated rings. The summed E-state index contributed by atoms with van der Waals surface area (Å²) in [5, 5.41) is 29.3. The van der Waals surface area contributed by atoms with Crippen molar-refractivity contribution in [3.05, 3.63) is 34.9 Å². The highest BCUT2D eigenvalue weighted by Gasteiger charge is 2.22. The molecule has 3 atom stereocenters. The van der Waals surface area contributed by atoms with E-state index in [1.165, 1.54) is 6.92 Å². The number of rotatable bonds is 10. The molecule has 1 rings (SSSR count). The summed E-state index contributed by atoms with van der Waals surface area (Å²) in [5.74, 6) is -2.68. The molecule has 0 spiro atoms. The number of halogens is 1. The second-order valence-corrected chi connectivity index (χ2v) is 7.29. The summed E-state index contributed by atoms with van der Waals surface area (Å²) in [6.07, 6.45) is 1.40. The van der Waals surface area contributed by atoms with Gasteiger partial charge in [-0.1, -0.05) is 37.6 Å². The zero-order valence-corrected chi connectivity index (χ0v) is 17.0. The van der Waals surface area contributed by atoms with Crippen LogP contribution < -0.4 is 11.1 Å². The number of nitrogens with one attached hydrogen (secondary N) is 1. The van der Waals surface area contributed by atoms with Crippen LogP contribution in [-0.4, -0.2) is 51.4 Å². The van der Waals surface area contributed by atoms with Crippen LogP contribution in [0.25, 0.3) is 0 Å². The summed E-state index contributed by atoms with van der Waals surface area (Å²) in [5.41, 5.74) is 6.18. The number of aryl methyl sites for hydroxylation is 1. The molecular formula is C19H29ClN2O6. The van der Waals surface area contributed by atoms with Crippen molar-refractivity contribution in [2.24, 2.45) is 11.7 Å². The molecule has 0 heterocycles. The Hall–Kier alpha value is -2.16. The van der Waals surface area contributed by atoms with Gasteiger partial charge in [-0.2, -0.15) is 0 Å². The Balaban J connectivity index is 0.000000684. The number of aliphatic carboxylic acids is 3. The number of benzene rings is 1. The topological polar surface area (TPSA) is 150 Å². The first-order valence-corrected chi connectivity index (χ1v) is 9.26. The van der Waals surface area contributed by atoms with Crippen molar-refractivity contribution in [1.29, 1.82) is 0 Å². The van der Waals surface area contributed by atoms with Crippen molar-refractivity contribution in [2.75, 3.05) is 0 Å². The summed E-state index contributed by atoms with van der Waals surface area (Å²) in [6, 6.07) is 4.64. The molecule has 6 N–H and O–H groups in total. The summed E-state index contributed by atoms with van der Waals surface area (Å²) in [7, 11) is 0. The smallest absolute Gasteiger partial charge is 0.320 e. The number of hydrogen-bond acceptors (Lipinski definition) is 5. The molecule has 8 nitrogen and oxygen atoms in total. The second-order valence-electron chi connectivity index (χ2n) is 6.86. The molecule has 1 aromatic carbocycles. The van der Waals surface area contributed by atoms with E-state index in [1.54, 1.807) is 12.1 Å². The third-order valence-electron chi connectivity index (χ3n) is 3.80. The van der Waals surface area contributed by atoms with E-state index in [2.05, 4.69) is 5.32 Å². The summed E-state index contributed by atoms with van der Waals surface area (Å²) < 4.78 is 0. The highest BCUT2D eigenvalue weighted by molar-refractivity contribution is 6.30. The summed E-state index contributed by atoms with van der Waals surface area (Å²) >= 11 is 5.76. The van der Waals surface area contributed by atoms with E-state index >= 15 is 0 Å². The van der Waals surface area contributed by atoms with Gasteiger partial charge < -0.3 is 21.1 Å². The largest absolute Gasteiger partial charge is 0.480 e. The van der Waals surface area contributed by atoms with Crippen LogP contribution in [0.2, 0.25) is 5.02 Å². The standard InChI is InChI=1S/C13H16ClNO4.C6H13NO2/c1-8(12(16)17)15-11(13(18)19)7-4-9-2-5-10(14)6-3-9;1-4(2)3-5(7)6(8)9/h2-3,5-6,8,11,15H,4,7H2,1H3,(H,16,17)(H,18,19);4-5H,3,7H2,1-2H3,(H,8,9)/t8-,11?;5-/m10/s1. The minimum absolute atomic E-state index is 0.314. The fourth-order valence-corrected chi connectivity index (χ4v) is 2.35. The first-order valence-electron chi connectivity index (χ1n) is 8.88. The average molecular weight is 417 g/mol. The lowest BCUT2D eigenvalue weighted by Gasteiger charge is -2.17. The van der Waals surface area contributed by atoms with Crippen molar-refractivity contribution in [3.63, 3.8) is 0 Å². The average Bonchev–Trinajstić information content (AvgIpc) is 2.59. The van der Waals surface area contributed by atoms with E-state index < -0.39 is 36.0 Å². The quantitative estimate of drug-likeness (QED) is 0.389. The molecule has 0 amide bonds. The van der Waals surface area contributed by atoms with Crippen LogP contribution in [0.15, 0.2) is 24.3 Å². The van der Waals surface area contributed by atoms with Crippen LogP contribution in [0, 0.1) is 5.92 Å². The number of hydrogen-bond donors (Lipinski definition) is 5. The monoisotopic (exact) mass is 416 g/mol. The second kappa shape index (κ2) is 13.1. The first-order chi connectivity index (χ1) is 12.9. The van der Waals surface area contributed by atoms with Gasteiger partial charge in [0.05, 0.1) is 0 Å². The normalized spacial score (nSPS) is 13.8. The molecule has 0 radical (unpaired) electrons. The predicted octanol–water partition coefficient (Wildman–Crippen LogP) is 2.23. The molecule has 9 heteroatoms. The number of carboxylic acid groups (broad SMARTS) is 3. The van der Waals surface area contributed by atoms with E-state index in [0.29, 0.717) is 30.2 Å². The van der Waals surface area contributed by atoms with E-state index in [4.69, 9.17) is 32.7 Å². The van der Waals surface area contributed by atoms with Crippen molar-refractivity contribution in [2.45, 2.75) is 58.2 Å². The molecule has 28 heavy (non-hydrogen) atoms. The van der Waals surface area contributed by atoms with Crippen LogP contribution in [0.3, 0.4) is 0 Å². The lowest BCUT2D eigenvalue weighted by molar-refractivity contribution is -0.142. The Morgan fingerprint density at radius 1 is 1.00 bits per heavy atom. The molecular weight excluding hydrogens is 388 g/mol. The molecule has 0 aliphatic rings. The Labute approximate surface area is 169 Å². The Kier molecular flexibility index (Phi) is 12.1. The minimum Gasteiger partial charge on any atom is -0.480 e. The molecule has 1 unspecified atom stereocenters. The zero-order valence-electron chi connectivity index (χ0n) is 16.3. The van der Waals surface area contributed by atoms with Gasteiger partial charge in [0, 0.05) is 5.02 Å². The van der Waals surface area contributed by atoms with Gasteiger partial charge in [0.25, 0.3) is 0 Å². The van der Waals surface area contributed by atoms with Gasteiger partial charge in [0.1, 0.15) is 18.1 Å². The number of nitrogens with two attached hydrogens (primary N) is 1. The molecule has 0 saturated heterocycles. The van der Waals surface area contributed by atoms with Gasteiger partial charge in [-0.15, -0.1) is 0 Å². The molecule has 0 saturated carbocycles. The maximum absolute atomic E-state index is 11.1. The van der Waals surface area contributed by atoms with Crippen molar-refractivity contribution in [3.8, 4) is 0 Å². The predicted molar refractivity (Wildman–Crippen MR) is 106 cm³/mol. The van der Waals surface area contributed by atoms with Gasteiger partial charge in [-0.3, -0.25) is 19.7 Å². The van der Waals surface area contributed by atoms with Gasteiger partial charge in [0.2, 0.25) is 0 Å². The third kappa shape index (κ3) is 11.5. The van der Waals surface area contributed by atoms with Crippen LogP contribution in [0.5, 0.6) is 0 Å². The number of carbonyl (C=O) groups is 3. The van der Waals surface area contributed by atoms with Crippen LogP contribution in [0.1, 0.15) is 39.2 Å². The highest BCUT2D eigenvalue weighted by atomic mass is 35.5. The first kappa shape index (κ1) is 25.8. The Morgan fingerprint density at radius 2 is 1.54 bits per heavy atom. The van der Waals surface area contributed by atoms with Gasteiger partial charge in [-0.05, 0) is 49.8 Å². The molecule has 0 bridgehead atoms. The summed E-state index contributed by atoms with van der Waals surface area (Å²) in [4.78, 5) is 31.9. The van der Waals surface area contributed by atoms with Crippen molar-refractivity contribution in [1.82, 2.24) is 5.32 Å². The van der Waals surface area contributed by atoms with E-state index in [9.17, 15) is 14.4 Å². The Bertz CT molecular complexity index is 636. The summed E-state index contributed by atoms with van der Waals surface area (Å²) in [6.45, 7) is 5.31. The van der Waals surface area contributed by atoms with Gasteiger partial charge in [-0.25, -0.2) is 0 Å². The molecule has 158 valence electrons. The number of carboxylic acids is 3. The maximum Gasteiger partial charge on any atom is 0.320 e. The van der Waals surface area contributed by atoms with E-state index in [-0.39, 0.29) is 0 Å². The fraction of sp³-hybridized carbons (Fsp3) is 0.526. The molecule has 1 aromatic rings. The lowest BCUT2D eigenvalue weighted by atomic mass is 10.0.